The number of aliphatic hydroxyl groups is 1. The number of ether oxygens (including phenoxy) is 2. The van der Waals surface area contributed by atoms with Crippen LogP contribution in [-0.2, 0) is 0 Å². The molecule has 4 nitrogen and oxygen atoms in total. The topological polar surface area (TPSA) is 41.9 Å². The molecule has 0 spiro atoms. The highest BCUT2D eigenvalue weighted by Gasteiger charge is 2.08. The van der Waals surface area contributed by atoms with E-state index in [1.165, 1.54) is 0 Å². The van der Waals surface area contributed by atoms with Crippen molar-refractivity contribution < 1.29 is 14.6 Å². The summed E-state index contributed by atoms with van der Waals surface area (Å²) in [6.07, 6.45) is -0.500. The van der Waals surface area contributed by atoms with Crippen LogP contribution in [-0.4, -0.2) is 50.5 Å². The molecule has 1 atom stereocenters. The standard InChI is InChI=1S/C12H19NO3/c1-13(2)8-10(14)9-16-12-7-5-4-6-11(12)15-3/h4-7,10,14H,8-9H2,1-3H3/t10-/m1/s1. The third-order valence-corrected chi connectivity index (χ3v) is 2.08. The van der Waals surface area contributed by atoms with Gasteiger partial charge in [0.25, 0.3) is 0 Å². The fourth-order valence-corrected chi connectivity index (χ4v) is 1.40. The predicted molar refractivity (Wildman–Crippen MR) is 63.0 cm³/mol. The molecule has 0 saturated carbocycles. The number of aliphatic hydroxyl groups excluding tert-OH is 1. The molecule has 0 saturated heterocycles. The van der Waals surface area contributed by atoms with Gasteiger partial charge in [0.15, 0.2) is 11.5 Å². The van der Waals surface area contributed by atoms with Gasteiger partial charge in [0.05, 0.1) is 7.11 Å². The quantitative estimate of drug-likeness (QED) is 0.784. The summed E-state index contributed by atoms with van der Waals surface area (Å²) in [5.74, 6) is 1.34. The Labute approximate surface area is 96.4 Å². The highest BCUT2D eigenvalue weighted by Crippen LogP contribution is 2.25. The molecule has 0 aliphatic heterocycles. The molecule has 1 aromatic carbocycles. The lowest BCUT2D eigenvalue weighted by molar-refractivity contribution is 0.0818. The summed E-state index contributed by atoms with van der Waals surface area (Å²) < 4.78 is 10.6. The van der Waals surface area contributed by atoms with Gasteiger partial charge in [-0.05, 0) is 26.2 Å². The zero-order chi connectivity index (χ0) is 12.0. The van der Waals surface area contributed by atoms with Gasteiger partial charge in [0, 0.05) is 6.54 Å². The Balaban J connectivity index is 2.47. The Bertz CT molecular complexity index is 315. The van der Waals surface area contributed by atoms with Crippen LogP contribution in [0.1, 0.15) is 0 Å². The van der Waals surface area contributed by atoms with Crippen molar-refractivity contribution in [3.8, 4) is 11.5 Å². The average molecular weight is 225 g/mol. The van der Waals surface area contributed by atoms with E-state index < -0.39 is 6.10 Å². The minimum absolute atomic E-state index is 0.262. The van der Waals surface area contributed by atoms with Crippen LogP contribution in [0.25, 0.3) is 0 Å². The molecule has 0 aliphatic rings. The van der Waals surface area contributed by atoms with Crippen molar-refractivity contribution in [1.29, 1.82) is 0 Å². The van der Waals surface area contributed by atoms with Gasteiger partial charge in [-0.25, -0.2) is 0 Å². The SMILES string of the molecule is COc1ccccc1OC[C@H](O)CN(C)C. The number of para-hydroxylation sites is 2. The monoisotopic (exact) mass is 225 g/mol. The molecular weight excluding hydrogens is 206 g/mol. The fourth-order valence-electron chi connectivity index (χ4n) is 1.40. The zero-order valence-electron chi connectivity index (χ0n) is 10.0. The van der Waals surface area contributed by atoms with Gasteiger partial charge < -0.3 is 19.5 Å². The maximum Gasteiger partial charge on any atom is 0.161 e. The molecule has 16 heavy (non-hydrogen) atoms. The Hall–Kier alpha value is -1.26. The van der Waals surface area contributed by atoms with Gasteiger partial charge in [-0.1, -0.05) is 12.1 Å². The minimum atomic E-state index is -0.500. The summed E-state index contributed by atoms with van der Waals surface area (Å²) in [4.78, 5) is 1.91. The summed E-state index contributed by atoms with van der Waals surface area (Å²) in [5.41, 5.74) is 0. The first-order valence-corrected chi connectivity index (χ1v) is 5.22. The van der Waals surface area contributed by atoms with Crippen LogP contribution < -0.4 is 9.47 Å². The van der Waals surface area contributed by atoms with E-state index in [4.69, 9.17) is 9.47 Å². The summed E-state index contributed by atoms with van der Waals surface area (Å²) >= 11 is 0. The lowest BCUT2D eigenvalue weighted by atomic mass is 10.3. The van der Waals surface area contributed by atoms with Crippen molar-refractivity contribution in [2.24, 2.45) is 0 Å². The zero-order valence-corrected chi connectivity index (χ0v) is 10.0. The first-order valence-electron chi connectivity index (χ1n) is 5.22. The number of rotatable bonds is 6. The van der Waals surface area contributed by atoms with Crippen molar-refractivity contribution >= 4 is 0 Å². The molecule has 0 fully saturated rings. The van der Waals surface area contributed by atoms with Crippen LogP contribution in [0.4, 0.5) is 0 Å². The van der Waals surface area contributed by atoms with Gasteiger partial charge in [0.1, 0.15) is 12.7 Å². The Morgan fingerprint density at radius 2 is 1.88 bits per heavy atom. The second kappa shape index (κ2) is 6.35. The van der Waals surface area contributed by atoms with Gasteiger partial charge in [-0.15, -0.1) is 0 Å². The second-order valence-corrected chi connectivity index (χ2v) is 3.88. The molecule has 0 radical (unpaired) electrons. The number of benzene rings is 1. The average Bonchev–Trinajstić information content (AvgIpc) is 2.26. The minimum Gasteiger partial charge on any atom is -0.493 e. The summed E-state index contributed by atoms with van der Waals surface area (Å²) in [6.45, 7) is 0.841. The molecule has 90 valence electrons. The maximum atomic E-state index is 9.64. The van der Waals surface area contributed by atoms with Crippen molar-refractivity contribution in [3.63, 3.8) is 0 Å². The lowest BCUT2D eigenvalue weighted by Gasteiger charge is -2.17. The Morgan fingerprint density at radius 3 is 2.44 bits per heavy atom. The van der Waals surface area contributed by atoms with Gasteiger partial charge in [0.2, 0.25) is 0 Å². The van der Waals surface area contributed by atoms with Crippen LogP contribution in [0, 0.1) is 0 Å². The number of nitrogens with zero attached hydrogens (tertiary/aromatic N) is 1. The molecule has 0 amide bonds. The van der Waals surface area contributed by atoms with E-state index in [0.717, 1.165) is 0 Å². The highest BCUT2D eigenvalue weighted by molar-refractivity contribution is 5.39. The van der Waals surface area contributed by atoms with E-state index in [-0.39, 0.29) is 6.61 Å². The third-order valence-electron chi connectivity index (χ3n) is 2.08. The van der Waals surface area contributed by atoms with Crippen molar-refractivity contribution in [3.05, 3.63) is 24.3 Å². The lowest BCUT2D eigenvalue weighted by Crippen LogP contribution is -2.30. The molecule has 4 heteroatoms. The first-order chi connectivity index (χ1) is 7.63. The van der Waals surface area contributed by atoms with Gasteiger partial charge in [-0.3, -0.25) is 0 Å². The largest absolute Gasteiger partial charge is 0.493 e. The smallest absolute Gasteiger partial charge is 0.161 e. The molecule has 1 aromatic rings. The molecule has 0 aromatic heterocycles. The molecule has 1 N–H and O–H groups in total. The van der Waals surface area contributed by atoms with Crippen molar-refractivity contribution in [1.82, 2.24) is 4.90 Å². The summed E-state index contributed by atoms with van der Waals surface area (Å²) in [6, 6.07) is 7.40. The number of methoxy groups -OCH3 is 1. The molecule has 1 rings (SSSR count). The van der Waals surface area contributed by atoms with E-state index in [0.29, 0.717) is 18.0 Å². The van der Waals surface area contributed by atoms with Gasteiger partial charge >= 0.3 is 0 Å². The Kier molecular flexibility index (Phi) is 5.08. The van der Waals surface area contributed by atoms with E-state index in [2.05, 4.69) is 0 Å². The molecule has 0 bridgehead atoms. The maximum absolute atomic E-state index is 9.64. The number of likely N-dealkylation sites (N-methyl/N-ethyl adjacent to an activating group) is 1. The molecular formula is C12H19NO3. The van der Waals surface area contributed by atoms with E-state index in [1.54, 1.807) is 7.11 Å². The summed E-state index contributed by atoms with van der Waals surface area (Å²) in [5, 5.41) is 9.64. The summed E-state index contributed by atoms with van der Waals surface area (Å²) in [7, 11) is 5.41. The van der Waals surface area contributed by atoms with Gasteiger partial charge in [-0.2, -0.15) is 0 Å². The normalized spacial score (nSPS) is 12.6. The van der Waals surface area contributed by atoms with Crippen molar-refractivity contribution in [2.45, 2.75) is 6.10 Å². The van der Waals surface area contributed by atoms with Crippen LogP contribution in [0.2, 0.25) is 0 Å². The molecule has 0 aliphatic carbocycles. The number of hydrogen-bond donors (Lipinski definition) is 1. The first kappa shape index (κ1) is 12.8. The van der Waals surface area contributed by atoms with Crippen molar-refractivity contribution in [2.75, 3.05) is 34.4 Å². The molecule has 0 unspecified atom stereocenters. The third kappa shape index (κ3) is 4.08. The molecule has 0 heterocycles. The van der Waals surface area contributed by atoms with E-state index in [9.17, 15) is 5.11 Å². The van der Waals surface area contributed by atoms with E-state index >= 15 is 0 Å². The van der Waals surface area contributed by atoms with E-state index in [1.807, 2.05) is 43.3 Å². The highest BCUT2D eigenvalue weighted by atomic mass is 16.5. The second-order valence-electron chi connectivity index (χ2n) is 3.88. The fraction of sp³-hybridized carbons (Fsp3) is 0.500. The number of hydrogen-bond acceptors (Lipinski definition) is 4. The van der Waals surface area contributed by atoms with Crippen LogP contribution >= 0.6 is 0 Å². The predicted octanol–water partition coefficient (Wildman–Crippen LogP) is 0.996. The van der Waals surface area contributed by atoms with Crippen LogP contribution in [0.3, 0.4) is 0 Å². The van der Waals surface area contributed by atoms with Crippen LogP contribution in [0.5, 0.6) is 11.5 Å². The van der Waals surface area contributed by atoms with Crippen LogP contribution in [0.15, 0.2) is 24.3 Å². The Morgan fingerprint density at radius 1 is 1.25 bits per heavy atom.